The Morgan fingerprint density at radius 1 is 1.47 bits per heavy atom. The molecule has 1 rings (SSSR count). The van der Waals surface area contributed by atoms with E-state index in [1.54, 1.807) is 4.31 Å². The molecular weight excluding hydrogens is 212 g/mol. The van der Waals surface area contributed by atoms with E-state index in [0.29, 0.717) is 12.5 Å². The van der Waals surface area contributed by atoms with Gasteiger partial charge in [-0.2, -0.15) is 4.31 Å². The lowest BCUT2D eigenvalue weighted by Gasteiger charge is -2.33. The van der Waals surface area contributed by atoms with Crippen molar-refractivity contribution >= 4 is 10.0 Å². The molecule has 1 unspecified atom stereocenters. The van der Waals surface area contributed by atoms with E-state index in [9.17, 15) is 8.42 Å². The average Bonchev–Trinajstić information content (AvgIpc) is 2.15. The molecule has 1 aliphatic heterocycles. The van der Waals surface area contributed by atoms with Crippen LogP contribution in [0.2, 0.25) is 0 Å². The quantitative estimate of drug-likeness (QED) is 0.777. The minimum Gasteiger partial charge on any atom is -0.314 e. The van der Waals surface area contributed by atoms with Gasteiger partial charge >= 0.3 is 0 Å². The van der Waals surface area contributed by atoms with E-state index in [2.05, 4.69) is 19.2 Å². The van der Waals surface area contributed by atoms with Gasteiger partial charge in [0, 0.05) is 25.7 Å². The maximum absolute atomic E-state index is 12.0. The fourth-order valence-corrected chi connectivity index (χ4v) is 3.73. The summed E-state index contributed by atoms with van der Waals surface area (Å²) in [6.45, 7) is 8.21. The van der Waals surface area contributed by atoms with Gasteiger partial charge in [0.25, 0.3) is 0 Å². The van der Waals surface area contributed by atoms with Crippen LogP contribution in [0.3, 0.4) is 0 Å². The number of nitrogens with zero attached hydrogens (tertiary/aromatic N) is 1. The Morgan fingerprint density at radius 3 is 2.67 bits per heavy atom. The summed E-state index contributed by atoms with van der Waals surface area (Å²) in [7, 11) is -3.03. The van der Waals surface area contributed by atoms with Crippen molar-refractivity contribution in [3.63, 3.8) is 0 Å². The molecule has 1 heterocycles. The van der Waals surface area contributed by atoms with Crippen molar-refractivity contribution in [2.75, 3.05) is 25.4 Å². The lowest BCUT2D eigenvalue weighted by molar-refractivity contribution is 0.283. The largest absolute Gasteiger partial charge is 0.314 e. The second-order valence-electron chi connectivity index (χ2n) is 4.66. The average molecular weight is 234 g/mol. The highest BCUT2D eigenvalue weighted by molar-refractivity contribution is 7.89. The van der Waals surface area contributed by atoms with Crippen molar-refractivity contribution < 1.29 is 8.42 Å². The van der Waals surface area contributed by atoms with E-state index >= 15 is 0 Å². The van der Waals surface area contributed by atoms with Crippen LogP contribution in [0.15, 0.2) is 0 Å². The fraction of sp³-hybridized carbons (Fsp3) is 1.00. The maximum atomic E-state index is 12.0. The number of rotatable bonds is 4. The molecule has 0 radical (unpaired) electrons. The Bertz CT molecular complexity index is 288. The molecule has 0 aliphatic carbocycles. The smallest absolute Gasteiger partial charge is 0.214 e. The highest BCUT2D eigenvalue weighted by atomic mass is 32.2. The SMILES string of the molecule is CC(C)CCS(=O)(=O)N1CCNCC1C. The number of hydrogen-bond acceptors (Lipinski definition) is 3. The van der Waals surface area contributed by atoms with Gasteiger partial charge in [-0.15, -0.1) is 0 Å². The first-order valence-corrected chi connectivity index (χ1v) is 7.24. The van der Waals surface area contributed by atoms with Crippen LogP contribution in [0.5, 0.6) is 0 Å². The highest BCUT2D eigenvalue weighted by Crippen LogP contribution is 2.13. The van der Waals surface area contributed by atoms with Gasteiger partial charge in [0.15, 0.2) is 0 Å². The van der Waals surface area contributed by atoms with Crippen LogP contribution >= 0.6 is 0 Å². The number of hydrogen-bond donors (Lipinski definition) is 1. The summed E-state index contributed by atoms with van der Waals surface area (Å²) in [6.07, 6.45) is 0.749. The van der Waals surface area contributed by atoms with E-state index in [1.807, 2.05) is 6.92 Å². The first kappa shape index (κ1) is 12.9. The molecule has 0 aromatic heterocycles. The zero-order valence-corrected chi connectivity index (χ0v) is 10.7. The zero-order valence-electron chi connectivity index (χ0n) is 9.86. The Hall–Kier alpha value is -0.130. The Labute approximate surface area is 93.1 Å². The molecular formula is C10H22N2O2S. The minimum absolute atomic E-state index is 0.0934. The van der Waals surface area contributed by atoms with Crippen LogP contribution in [-0.2, 0) is 10.0 Å². The van der Waals surface area contributed by atoms with Gasteiger partial charge in [-0.3, -0.25) is 0 Å². The van der Waals surface area contributed by atoms with E-state index < -0.39 is 10.0 Å². The van der Waals surface area contributed by atoms with Gasteiger partial charge in [0.05, 0.1) is 5.75 Å². The van der Waals surface area contributed by atoms with Gasteiger partial charge in [0.1, 0.15) is 0 Å². The lowest BCUT2D eigenvalue weighted by atomic mass is 10.2. The summed E-state index contributed by atoms with van der Waals surface area (Å²) >= 11 is 0. The van der Waals surface area contributed by atoms with Crippen LogP contribution in [0.25, 0.3) is 0 Å². The molecule has 15 heavy (non-hydrogen) atoms. The summed E-state index contributed by atoms with van der Waals surface area (Å²) in [6, 6.07) is 0.0934. The van der Waals surface area contributed by atoms with Crippen LogP contribution in [-0.4, -0.2) is 44.2 Å². The summed E-state index contributed by atoms with van der Waals surface area (Å²) < 4.78 is 25.6. The van der Waals surface area contributed by atoms with Gasteiger partial charge in [-0.1, -0.05) is 13.8 Å². The van der Waals surface area contributed by atoms with Crippen molar-refractivity contribution in [2.24, 2.45) is 5.92 Å². The predicted molar refractivity (Wildman–Crippen MR) is 62.3 cm³/mol. The van der Waals surface area contributed by atoms with E-state index in [1.165, 1.54) is 0 Å². The summed E-state index contributed by atoms with van der Waals surface area (Å²) in [4.78, 5) is 0. The van der Waals surface area contributed by atoms with Gasteiger partial charge in [-0.25, -0.2) is 8.42 Å². The van der Waals surface area contributed by atoms with Gasteiger partial charge in [0.2, 0.25) is 10.0 Å². The molecule has 1 aliphatic rings. The standard InChI is InChI=1S/C10H22N2O2S/c1-9(2)4-7-15(13,14)12-6-5-11-8-10(12)3/h9-11H,4-8H2,1-3H3. The third-order valence-corrected chi connectivity index (χ3v) is 4.76. The number of piperazine rings is 1. The third-order valence-electron chi connectivity index (χ3n) is 2.75. The van der Waals surface area contributed by atoms with Crippen LogP contribution in [0, 0.1) is 5.92 Å². The molecule has 0 saturated carbocycles. The molecule has 1 saturated heterocycles. The normalized spacial score (nSPS) is 24.7. The Morgan fingerprint density at radius 2 is 2.13 bits per heavy atom. The molecule has 4 nitrogen and oxygen atoms in total. The van der Waals surface area contributed by atoms with Gasteiger partial charge in [-0.05, 0) is 19.3 Å². The molecule has 90 valence electrons. The number of nitrogens with one attached hydrogen (secondary N) is 1. The molecule has 0 bridgehead atoms. The Kier molecular flexibility index (Phi) is 4.55. The van der Waals surface area contributed by atoms with E-state index in [4.69, 9.17) is 0 Å². The monoisotopic (exact) mass is 234 g/mol. The molecule has 1 N–H and O–H groups in total. The number of sulfonamides is 1. The maximum Gasteiger partial charge on any atom is 0.214 e. The summed E-state index contributed by atoms with van der Waals surface area (Å²) in [5.74, 6) is 0.729. The van der Waals surface area contributed by atoms with Crippen molar-refractivity contribution in [3.8, 4) is 0 Å². The third kappa shape index (κ3) is 3.74. The lowest BCUT2D eigenvalue weighted by Crippen LogP contribution is -2.52. The van der Waals surface area contributed by atoms with Crippen LogP contribution in [0.1, 0.15) is 27.2 Å². The fourth-order valence-electron chi connectivity index (χ4n) is 1.74. The van der Waals surface area contributed by atoms with Crippen LogP contribution < -0.4 is 5.32 Å². The molecule has 1 fully saturated rings. The minimum atomic E-state index is -3.03. The van der Waals surface area contributed by atoms with Crippen LogP contribution in [0.4, 0.5) is 0 Å². The summed E-state index contributed by atoms with van der Waals surface area (Å²) in [5, 5.41) is 3.20. The molecule has 0 aromatic rings. The van der Waals surface area contributed by atoms with Gasteiger partial charge < -0.3 is 5.32 Å². The zero-order chi connectivity index (χ0) is 11.5. The molecule has 0 spiro atoms. The highest BCUT2D eigenvalue weighted by Gasteiger charge is 2.28. The Balaban J connectivity index is 2.59. The van der Waals surface area contributed by atoms with E-state index in [-0.39, 0.29) is 11.8 Å². The summed E-state index contributed by atoms with van der Waals surface area (Å²) in [5.41, 5.74) is 0. The predicted octanol–water partition coefficient (Wildman–Crippen LogP) is 0.656. The molecule has 5 heteroatoms. The first-order valence-electron chi connectivity index (χ1n) is 5.63. The van der Waals surface area contributed by atoms with Crippen molar-refractivity contribution in [1.82, 2.24) is 9.62 Å². The topological polar surface area (TPSA) is 49.4 Å². The van der Waals surface area contributed by atoms with Crippen molar-refractivity contribution in [1.29, 1.82) is 0 Å². The van der Waals surface area contributed by atoms with Crippen molar-refractivity contribution in [2.45, 2.75) is 33.2 Å². The molecule has 0 amide bonds. The van der Waals surface area contributed by atoms with Crippen molar-refractivity contribution in [3.05, 3.63) is 0 Å². The second kappa shape index (κ2) is 5.27. The second-order valence-corrected chi connectivity index (χ2v) is 6.70. The van der Waals surface area contributed by atoms with E-state index in [0.717, 1.165) is 19.5 Å². The first-order chi connectivity index (χ1) is 6.93. The molecule has 1 atom stereocenters. The molecule has 0 aromatic carbocycles.